The van der Waals surface area contributed by atoms with Crippen LogP contribution in [0.25, 0.3) is 11.4 Å². The van der Waals surface area contributed by atoms with Crippen LogP contribution in [-0.4, -0.2) is 9.97 Å². The summed E-state index contributed by atoms with van der Waals surface area (Å²) in [7, 11) is 0. The highest BCUT2D eigenvalue weighted by atomic mass is 14.9. The Bertz CT molecular complexity index is 741. The lowest BCUT2D eigenvalue weighted by atomic mass is 9.78. The minimum atomic E-state index is 0.857. The third kappa shape index (κ3) is 9.59. The van der Waals surface area contributed by atoms with E-state index in [1.807, 2.05) is 12.4 Å². The van der Waals surface area contributed by atoms with Gasteiger partial charge in [-0.3, -0.25) is 0 Å². The lowest BCUT2D eigenvalue weighted by Gasteiger charge is -2.28. The van der Waals surface area contributed by atoms with Crippen molar-refractivity contribution in [2.45, 2.75) is 123 Å². The van der Waals surface area contributed by atoms with Gasteiger partial charge < -0.3 is 0 Å². The molecule has 1 aromatic carbocycles. The minimum absolute atomic E-state index is 0.857. The number of unbranched alkanes of at least 4 members (excludes halogenated alkanes) is 7. The molecule has 0 aliphatic heterocycles. The van der Waals surface area contributed by atoms with Crippen molar-refractivity contribution in [1.82, 2.24) is 9.97 Å². The predicted octanol–water partition coefficient (Wildman–Crippen LogP) is 9.37. The summed E-state index contributed by atoms with van der Waals surface area (Å²) in [5, 5.41) is 0. The Morgan fingerprint density at radius 1 is 0.606 bits per heavy atom. The minimum Gasteiger partial charge on any atom is -0.236 e. The standard InChI is InChI=1S/C31H48N2/c1-3-5-7-8-9-10-11-13-29-24-32-31(33-25-29)30-22-20-28(21-23-30)19-18-27-16-14-26(15-17-27)12-6-4-2/h20-27H,3-19H2,1-2H3. The first kappa shape index (κ1) is 25.9. The van der Waals surface area contributed by atoms with E-state index in [4.69, 9.17) is 0 Å². The van der Waals surface area contributed by atoms with Gasteiger partial charge in [0.15, 0.2) is 5.82 Å². The highest BCUT2D eigenvalue weighted by molar-refractivity contribution is 5.55. The third-order valence-electron chi connectivity index (χ3n) is 7.76. The molecule has 0 radical (unpaired) electrons. The molecule has 2 aromatic rings. The Morgan fingerprint density at radius 3 is 1.82 bits per heavy atom. The van der Waals surface area contributed by atoms with Crippen molar-refractivity contribution in [2.24, 2.45) is 11.8 Å². The van der Waals surface area contributed by atoms with E-state index in [1.165, 1.54) is 114 Å². The molecule has 2 nitrogen and oxygen atoms in total. The van der Waals surface area contributed by atoms with E-state index in [0.29, 0.717) is 0 Å². The lowest BCUT2D eigenvalue weighted by molar-refractivity contribution is 0.250. The molecular formula is C31H48N2. The molecule has 1 aliphatic rings. The fourth-order valence-electron chi connectivity index (χ4n) is 5.41. The fraction of sp³-hybridized carbons (Fsp3) is 0.677. The molecule has 0 unspecified atom stereocenters. The summed E-state index contributed by atoms with van der Waals surface area (Å²) in [6, 6.07) is 9.00. The number of aromatic nitrogens is 2. The predicted molar refractivity (Wildman–Crippen MR) is 142 cm³/mol. The van der Waals surface area contributed by atoms with E-state index in [2.05, 4.69) is 48.1 Å². The first-order chi connectivity index (χ1) is 16.3. The third-order valence-corrected chi connectivity index (χ3v) is 7.76. The molecule has 1 fully saturated rings. The fourth-order valence-corrected chi connectivity index (χ4v) is 5.41. The molecule has 0 amide bonds. The SMILES string of the molecule is CCCCCCCCCc1cnc(-c2ccc(CCC3CCC(CCCC)CC3)cc2)nc1. The van der Waals surface area contributed by atoms with Crippen molar-refractivity contribution in [2.75, 3.05) is 0 Å². The van der Waals surface area contributed by atoms with Crippen molar-refractivity contribution in [3.8, 4) is 11.4 Å². The van der Waals surface area contributed by atoms with Crippen LogP contribution in [0.4, 0.5) is 0 Å². The zero-order valence-electron chi connectivity index (χ0n) is 21.5. The Kier molecular flexibility index (Phi) is 12.0. The topological polar surface area (TPSA) is 25.8 Å². The van der Waals surface area contributed by atoms with Gasteiger partial charge in [-0.25, -0.2) is 9.97 Å². The second-order valence-corrected chi connectivity index (χ2v) is 10.6. The smallest absolute Gasteiger partial charge is 0.159 e. The normalized spacial score (nSPS) is 18.5. The molecule has 3 rings (SSSR count). The van der Waals surface area contributed by atoms with Crippen LogP contribution in [0, 0.1) is 11.8 Å². The number of rotatable bonds is 15. The zero-order valence-corrected chi connectivity index (χ0v) is 21.5. The van der Waals surface area contributed by atoms with Crippen LogP contribution < -0.4 is 0 Å². The number of aryl methyl sites for hydroxylation is 2. The molecular weight excluding hydrogens is 400 g/mol. The molecule has 33 heavy (non-hydrogen) atoms. The van der Waals surface area contributed by atoms with Gasteiger partial charge in [-0.1, -0.05) is 122 Å². The second-order valence-electron chi connectivity index (χ2n) is 10.6. The van der Waals surface area contributed by atoms with Gasteiger partial charge in [-0.2, -0.15) is 0 Å². The molecule has 0 saturated heterocycles. The van der Waals surface area contributed by atoms with E-state index >= 15 is 0 Å². The average Bonchev–Trinajstić information content (AvgIpc) is 2.87. The summed E-state index contributed by atoms with van der Waals surface area (Å²) >= 11 is 0. The van der Waals surface area contributed by atoms with Crippen LogP contribution in [0.15, 0.2) is 36.7 Å². The van der Waals surface area contributed by atoms with Gasteiger partial charge in [-0.15, -0.1) is 0 Å². The second kappa shape index (κ2) is 15.3. The maximum Gasteiger partial charge on any atom is 0.159 e. The maximum atomic E-state index is 4.65. The molecule has 1 saturated carbocycles. The van der Waals surface area contributed by atoms with E-state index in [0.717, 1.165) is 29.6 Å². The van der Waals surface area contributed by atoms with Crippen LogP contribution in [0.1, 0.15) is 121 Å². The molecule has 0 bridgehead atoms. The largest absolute Gasteiger partial charge is 0.236 e. The van der Waals surface area contributed by atoms with Crippen LogP contribution >= 0.6 is 0 Å². The summed E-state index contributed by atoms with van der Waals surface area (Å²) < 4.78 is 0. The van der Waals surface area contributed by atoms with Crippen molar-refractivity contribution in [3.63, 3.8) is 0 Å². The molecule has 1 aliphatic carbocycles. The van der Waals surface area contributed by atoms with Gasteiger partial charge in [0.05, 0.1) is 0 Å². The van der Waals surface area contributed by atoms with Crippen LogP contribution in [-0.2, 0) is 12.8 Å². The van der Waals surface area contributed by atoms with E-state index in [-0.39, 0.29) is 0 Å². The van der Waals surface area contributed by atoms with E-state index in [9.17, 15) is 0 Å². The van der Waals surface area contributed by atoms with Crippen LogP contribution in [0.5, 0.6) is 0 Å². The Hall–Kier alpha value is -1.70. The van der Waals surface area contributed by atoms with Crippen molar-refractivity contribution < 1.29 is 0 Å². The van der Waals surface area contributed by atoms with E-state index < -0.39 is 0 Å². The summed E-state index contributed by atoms with van der Waals surface area (Å²) in [4.78, 5) is 9.31. The van der Waals surface area contributed by atoms with Gasteiger partial charge in [0, 0.05) is 18.0 Å². The van der Waals surface area contributed by atoms with Crippen LogP contribution in [0.3, 0.4) is 0 Å². The molecule has 2 heteroatoms. The lowest BCUT2D eigenvalue weighted by Crippen LogP contribution is -2.15. The molecule has 0 spiro atoms. The monoisotopic (exact) mass is 448 g/mol. The summed E-state index contributed by atoms with van der Waals surface area (Å²) in [5.74, 6) is 2.81. The number of hydrogen-bond donors (Lipinski definition) is 0. The molecule has 1 heterocycles. The number of hydrogen-bond acceptors (Lipinski definition) is 2. The maximum absolute atomic E-state index is 4.65. The first-order valence-electron chi connectivity index (χ1n) is 14.2. The van der Waals surface area contributed by atoms with Crippen molar-refractivity contribution in [3.05, 3.63) is 47.8 Å². The first-order valence-corrected chi connectivity index (χ1v) is 14.2. The van der Waals surface area contributed by atoms with Gasteiger partial charge in [0.25, 0.3) is 0 Å². The van der Waals surface area contributed by atoms with Gasteiger partial charge in [-0.05, 0) is 48.6 Å². The zero-order chi connectivity index (χ0) is 23.1. The Labute approximate surface area is 204 Å². The quantitative estimate of drug-likeness (QED) is 0.254. The number of benzene rings is 1. The van der Waals surface area contributed by atoms with Crippen molar-refractivity contribution >= 4 is 0 Å². The Balaban J connectivity index is 1.35. The van der Waals surface area contributed by atoms with Gasteiger partial charge >= 0.3 is 0 Å². The van der Waals surface area contributed by atoms with Gasteiger partial charge in [0.2, 0.25) is 0 Å². The highest BCUT2D eigenvalue weighted by Crippen LogP contribution is 2.34. The van der Waals surface area contributed by atoms with Gasteiger partial charge in [0.1, 0.15) is 0 Å². The molecule has 182 valence electrons. The Morgan fingerprint density at radius 2 is 1.18 bits per heavy atom. The molecule has 0 N–H and O–H groups in total. The van der Waals surface area contributed by atoms with Crippen molar-refractivity contribution in [1.29, 1.82) is 0 Å². The summed E-state index contributed by atoms with van der Waals surface area (Å²) in [5.41, 5.74) is 3.87. The molecule has 0 atom stereocenters. The average molecular weight is 449 g/mol. The number of nitrogens with zero attached hydrogens (tertiary/aromatic N) is 2. The van der Waals surface area contributed by atoms with E-state index in [1.54, 1.807) is 0 Å². The highest BCUT2D eigenvalue weighted by Gasteiger charge is 2.20. The van der Waals surface area contributed by atoms with Crippen LogP contribution in [0.2, 0.25) is 0 Å². The molecule has 1 aromatic heterocycles. The summed E-state index contributed by atoms with van der Waals surface area (Å²) in [6.45, 7) is 4.59. The summed E-state index contributed by atoms with van der Waals surface area (Å²) in [6.07, 6.45) is 27.2.